The summed E-state index contributed by atoms with van der Waals surface area (Å²) in [6.07, 6.45) is 3.04. The summed E-state index contributed by atoms with van der Waals surface area (Å²) in [7, 11) is 0. The quantitative estimate of drug-likeness (QED) is 0.524. The average Bonchev–Trinajstić information content (AvgIpc) is 2.15. The molecule has 0 radical (unpaired) electrons. The molecule has 0 bridgehead atoms. The van der Waals surface area contributed by atoms with Gasteiger partial charge in [0, 0.05) is 12.4 Å². The Labute approximate surface area is 69.8 Å². The molecule has 1 aromatic rings. The highest BCUT2D eigenvalue weighted by atomic mass is 15.1. The highest BCUT2D eigenvalue weighted by molar-refractivity contribution is 5.58. The first-order chi connectivity index (χ1) is 5.88. The molecule has 0 spiro atoms. The van der Waals surface area contributed by atoms with E-state index in [1.807, 2.05) is 6.07 Å². The van der Waals surface area contributed by atoms with Gasteiger partial charge in [0.1, 0.15) is 6.54 Å². The number of aromatic nitrogens is 2. The lowest BCUT2D eigenvalue weighted by molar-refractivity contribution is 1.15. The third-order valence-corrected chi connectivity index (χ3v) is 1.16. The van der Waals surface area contributed by atoms with Crippen LogP contribution in [0.5, 0.6) is 0 Å². The van der Waals surface area contributed by atoms with Crippen molar-refractivity contribution in [1.82, 2.24) is 9.97 Å². The van der Waals surface area contributed by atoms with Crippen LogP contribution in [0, 0.1) is 11.3 Å². The Kier molecular flexibility index (Phi) is 2.73. The van der Waals surface area contributed by atoms with Gasteiger partial charge in [0.05, 0.1) is 6.07 Å². The fourth-order valence-corrected chi connectivity index (χ4v) is 0.694. The molecule has 12 heavy (non-hydrogen) atoms. The molecule has 0 unspecified atom stereocenters. The molecular weight excluding hydrogens is 154 g/mol. The van der Waals surface area contributed by atoms with E-state index in [0.717, 1.165) is 0 Å². The minimum absolute atomic E-state index is 0.182. The second-order valence-corrected chi connectivity index (χ2v) is 1.90. The lowest BCUT2D eigenvalue weighted by Crippen LogP contribution is -2.01. The predicted molar refractivity (Wildman–Crippen MR) is 45.3 cm³/mol. The van der Waals surface area contributed by atoms with E-state index in [9.17, 15) is 0 Å². The van der Waals surface area contributed by atoms with E-state index in [1.54, 1.807) is 0 Å². The molecule has 0 fully saturated rings. The molecule has 0 atom stereocenters. The highest BCUT2D eigenvalue weighted by Crippen LogP contribution is 2.15. The van der Waals surface area contributed by atoms with Crippen LogP contribution in [0.25, 0.3) is 0 Å². The van der Waals surface area contributed by atoms with Gasteiger partial charge < -0.3 is 5.32 Å². The van der Waals surface area contributed by atoms with Crippen molar-refractivity contribution in [3.63, 3.8) is 0 Å². The molecule has 5 nitrogen and oxygen atoms in total. The van der Waals surface area contributed by atoms with E-state index < -0.39 is 0 Å². The zero-order valence-electron chi connectivity index (χ0n) is 6.36. The van der Waals surface area contributed by atoms with Gasteiger partial charge in [-0.2, -0.15) is 5.26 Å². The van der Waals surface area contributed by atoms with Gasteiger partial charge in [-0.1, -0.05) is 0 Å². The molecule has 1 aromatic heterocycles. The van der Waals surface area contributed by atoms with Crippen LogP contribution in [0.1, 0.15) is 0 Å². The Bertz CT molecular complexity index is 314. The lowest BCUT2D eigenvalue weighted by atomic mass is 10.5. The molecule has 0 saturated carbocycles. The van der Waals surface area contributed by atoms with Crippen molar-refractivity contribution in [2.45, 2.75) is 0 Å². The number of nitrogens with zero attached hydrogens (tertiary/aromatic N) is 4. The first-order valence-corrected chi connectivity index (χ1v) is 3.27. The standard InChI is InChI=1S/C7H7N5/c1-9-6-7(10-3-2-8)12-5-4-11-6/h4-5H,1,3H2,(H,10,12). The van der Waals surface area contributed by atoms with E-state index in [4.69, 9.17) is 5.26 Å². The Hall–Kier alpha value is -1.96. The van der Waals surface area contributed by atoms with Crippen molar-refractivity contribution in [2.75, 3.05) is 11.9 Å². The summed E-state index contributed by atoms with van der Waals surface area (Å²) in [5.41, 5.74) is 0. The van der Waals surface area contributed by atoms with Gasteiger partial charge in [-0.05, 0) is 6.72 Å². The van der Waals surface area contributed by atoms with Crippen LogP contribution in [0.15, 0.2) is 17.4 Å². The van der Waals surface area contributed by atoms with Crippen LogP contribution in [-0.2, 0) is 0 Å². The smallest absolute Gasteiger partial charge is 0.194 e. The van der Waals surface area contributed by atoms with Crippen molar-refractivity contribution in [2.24, 2.45) is 4.99 Å². The maximum atomic E-state index is 8.28. The zero-order valence-corrected chi connectivity index (χ0v) is 6.36. The third-order valence-electron chi connectivity index (χ3n) is 1.16. The van der Waals surface area contributed by atoms with E-state index in [-0.39, 0.29) is 6.54 Å². The average molecular weight is 161 g/mol. The fourth-order valence-electron chi connectivity index (χ4n) is 0.694. The number of nitrogens with one attached hydrogen (secondary N) is 1. The molecule has 0 amide bonds. The van der Waals surface area contributed by atoms with Gasteiger partial charge in [0.25, 0.3) is 0 Å². The molecule has 0 aliphatic rings. The van der Waals surface area contributed by atoms with E-state index in [2.05, 4.69) is 27.0 Å². The lowest BCUT2D eigenvalue weighted by Gasteiger charge is -2.01. The Morgan fingerprint density at radius 1 is 1.58 bits per heavy atom. The maximum absolute atomic E-state index is 8.28. The zero-order chi connectivity index (χ0) is 8.81. The normalized spacial score (nSPS) is 8.58. The second-order valence-electron chi connectivity index (χ2n) is 1.90. The highest BCUT2D eigenvalue weighted by Gasteiger charge is 1.99. The summed E-state index contributed by atoms with van der Waals surface area (Å²) < 4.78 is 0. The first-order valence-electron chi connectivity index (χ1n) is 3.27. The minimum Gasteiger partial charge on any atom is -0.354 e. The molecule has 0 aliphatic heterocycles. The van der Waals surface area contributed by atoms with E-state index in [0.29, 0.717) is 11.6 Å². The predicted octanol–water partition coefficient (Wildman–Crippen LogP) is 0.744. The monoisotopic (exact) mass is 161 g/mol. The van der Waals surface area contributed by atoms with Crippen LogP contribution in [0.2, 0.25) is 0 Å². The van der Waals surface area contributed by atoms with E-state index in [1.165, 1.54) is 12.4 Å². The Balaban J connectivity index is 2.83. The molecule has 1 heterocycles. The third kappa shape index (κ3) is 1.76. The number of rotatable bonds is 3. The minimum atomic E-state index is 0.182. The Morgan fingerprint density at radius 2 is 2.33 bits per heavy atom. The number of nitriles is 1. The molecule has 0 aromatic carbocycles. The second kappa shape index (κ2) is 4.03. The number of aliphatic imine (C=N–C) groups is 1. The fraction of sp³-hybridized carbons (Fsp3) is 0.143. The van der Waals surface area contributed by atoms with Gasteiger partial charge in [0.2, 0.25) is 0 Å². The Morgan fingerprint density at radius 3 is 3.00 bits per heavy atom. The molecule has 1 rings (SSSR count). The maximum Gasteiger partial charge on any atom is 0.194 e. The first kappa shape index (κ1) is 8.14. The van der Waals surface area contributed by atoms with Gasteiger partial charge >= 0.3 is 0 Å². The van der Waals surface area contributed by atoms with Crippen LogP contribution in [0.3, 0.4) is 0 Å². The number of hydrogen-bond donors (Lipinski definition) is 1. The van der Waals surface area contributed by atoms with Crippen molar-refractivity contribution in [1.29, 1.82) is 5.26 Å². The summed E-state index contributed by atoms with van der Waals surface area (Å²) in [6.45, 7) is 3.51. The summed E-state index contributed by atoms with van der Waals surface area (Å²) >= 11 is 0. The van der Waals surface area contributed by atoms with Crippen molar-refractivity contribution in [3.05, 3.63) is 12.4 Å². The number of anilines is 1. The van der Waals surface area contributed by atoms with E-state index >= 15 is 0 Å². The molecule has 5 heteroatoms. The van der Waals surface area contributed by atoms with Crippen molar-refractivity contribution >= 4 is 18.4 Å². The summed E-state index contributed by atoms with van der Waals surface area (Å²) in [5.74, 6) is 0.891. The molecule has 0 saturated heterocycles. The van der Waals surface area contributed by atoms with Crippen LogP contribution in [0.4, 0.5) is 11.6 Å². The van der Waals surface area contributed by atoms with Crippen LogP contribution >= 0.6 is 0 Å². The van der Waals surface area contributed by atoms with Crippen molar-refractivity contribution < 1.29 is 0 Å². The van der Waals surface area contributed by atoms with Gasteiger partial charge in [-0.3, -0.25) is 0 Å². The van der Waals surface area contributed by atoms with Crippen LogP contribution < -0.4 is 5.32 Å². The topological polar surface area (TPSA) is 74.0 Å². The largest absolute Gasteiger partial charge is 0.354 e. The van der Waals surface area contributed by atoms with Gasteiger partial charge in [0.15, 0.2) is 11.6 Å². The molecular formula is C7H7N5. The van der Waals surface area contributed by atoms with Gasteiger partial charge in [-0.25, -0.2) is 15.0 Å². The summed E-state index contributed by atoms with van der Waals surface area (Å²) in [6, 6.07) is 1.93. The van der Waals surface area contributed by atoms with Crippen molar-refractivity contribution in [3.8, 4) is 6.07 Å². The molecule has 60 valence electrons. The molecule has 0 aliphatic carbocycles. The summed E-state index contributed by atoms with van der Waals surface area (Å²) in [4.78, 5) is 11.4. The van der Waals surface area contributed by atoms with Gasteiger partial charge in [-0.15, -0.1) is 0 Å². The SMILES string of the molecule is C=Nc1nccnc1NCC#N. The van der Waals surface area contributed by atoms with Crippen LogP contribution in [-0.4, -0.2) is 23.2 Å². The summed E-state index contributed by atoms with van der Waals surface area (Å²) in [5, 5.41) is 11.0. The number of hydrogen-bond acceptors (Lipinski definition) is 5. The molecule has 1 N–H and O–H groups in total.